The van der Waals surface area contributed by atoms with Crippen molar-refractivity contribution in [2.45, 2.75) is 40.3 Å². The first-order valence-electron chi connectivity index (χ1n) is 7.77. The van der Waals surface area contributed by atoms with Crippen LogP contribution in [0.25, 0.3) is 0 Å². The summed E-state index contributed by atoms with van der Waals surface area (Å²) in [6.07, 6.45) is 1.09. The minimum atomic E-state index is 0.610. The van der Waals surface area contributed by atoms with Gasteiger partial charge < -0.3 is 10.6 Å². The summed E-state index contributed by atoms with van der Waals surface area (Å²) in [5.74, 6) is 0. The Bertz CT molecular complexity index is 608. The van der Waals surface area contributed by atoms with E-state index in [1.807, 2.05) is 13.8 Å². The molecule has 1 aliphatic heterocycles. The van der Waals surface area contributed by atoms with E-state index in [0.29, 0.717) is 6.54 Å². The summed E-state index contributed by atoms with van der Waals surface area (Å²) in [6, 6.07) is 6.61. The molecular formula is C19H26N2. The van der Waals surface area contributed by atoms with Gasteiger partial charge in [0.25, 0.3) is 0 Å². The van der Waals surface area contributed by atoms with Gasteiger partial charge in [-0.15, -0.1) is 0 Å². The fourth-order valence-corrected chi connectivity index (χ4v) is 3.03. The van der Waals surface area contributed by atoms with Crippen LogP contribution in [-0.4, -0.2) is 11.4 Å². The molecule has 0 atom stereocenters. The third-order valence-electron chi connectivity index (χ3n) is 4.29. The molecule has 3 rings (SSSR count). The van der Waals surface area contributed by atoms with Crippen molar-refractivity contribution in [3.8, 4) is 0 Å². The van der Waals surface area contributed by atoms with E-state index in [-0.39, 0.29) is 0 Å². The van der Waals surface area contributed by atoms with Crippen LogP contribution in [0.4, 0.5) is 0 Å². The highest BCUT2D eigenvalue weighted by Crippen LogP contribution is 2.40. The van der Waals surface area contributed by atoms with Crippen molar-refractivity contribution in [3.05, 3.63) is 70.5 Å². The van der Waals surface area contributed by atoms with Crippen LogP contribution in [0, 0.1) is 0 Å². The monoisotopic (exact) mass is 282 g/mol. The zero-order valence-corrected chi connectivity index (χ0v) is 13.5. The van der Waals surface area contributed by atoms with E-state index in [9.17, 15) is 0 Å². The van der Waals surface area contributed by atoms with Crippen LogP contribution in [0.5, 0.6) is 0 Å². The highest BCUT2D eigenvalue weighted by Gasteiger charge is 2.29. The molecule has 2 nitrogen and oxygen atoms in total. The fraction of sp³-hybridized carbons (Fsp3) is 0.368. The third kappa shape index (κ3) is 2.68. The van der Waals surface area contributed by atoms with Crippen molar-refractivity contribution < 1.29 is 0 Å². The highest BCUT2D eigenvalue weighted by molar-refractivity contribution is 5.66. The van der Waals surface area contributed by atoms with Gasteiger partial charge in [0.1, 0.15) is 0 Å². The standard InChI is InChI=1S/C17H20N2.C2H6/c1-11-12(2)17(13(11)3)19-7-6-15-5-4-14(9-18)8-16(15)10-19;1-2/h4-5,8H,1-2,6-7,9-10,18H2,3H3;1-2H3. The molecule has 0 saturated carbocycles. The fourth-order valence-electron chi connectivity index (χ4n) is 3.03. The average molecular weight is 282 g/mol. The normalized spacial score (nSPS) is 17.0. The Morgan fingerprint density at radius 3 is 2.48 bits per heavy atom. The molecule has 0 amide bonds. The number of rotatable bonds is 2. The summed E-state index contributed by atoms with van der Waals surface area (Å²) < 4.78 is 0. The number of fused-ring (bicyclic) bond motifs is 1. The van der Waals surface area contributed by atoms with Crippen molar-refractivity contribution in [1.82, 2.24) is 4.90 Å². The number of allylic oxidation sites excluding steroid dienone is 2. The molecule has 21 heavy (non-hydrogen) atoms. The number of nitrogens with two attached hydrogens (primary N) is 1. The van der Waals surface area contributed by atoms with E-state index >= 15 is 0 Å². The topological polar surface area (TPSA) is 29.3 Å². The molecule has 0 unspecified atom stereocenters. The summed E-state index contributed by atoms with van der Waals surface area (Å²) in [4.78, 5) is 2.43. The largest absolute Gasteiger partial charge is 0.366 e. The number of benzene rings is 1. The molecule has 1 aliphatic carbocycles. The lowest BCUT2D eigenvalue weighted by atomic mass is 9.83. The third-order valence-corrected chi connectivity index (χ3v) is 4.29. The predicted octanol–water partition coefficient (Wildman–Crippen LogP) is 3.93. The summed E-state index contributed by atoms with van der Waals surface area (Å²) in [7, 11) is 0. The second-order valence-corrected chi connectivity index (χ2v) is 5.41. The SMILES string of the molecule is C=C1C(=C)C(N2CCc3ccc(CN)cc3C2)=C1C.CC. The summed E-state index contributed by atoms with van der Waals surface area (Å²) in [5, 5.41) is 0. The van der Waals surface area contributed by atoms with Crippen LogP contribution in [0.15, 0.2) is 53.8 Å². The van der Waals surface area contributed by atoms with E-state index in [1.165, 1.54) is 28.0 Å². The van der Waals surface area contributed by atoms with E-state index < -0.39 is 0 Å². The molecule has 1 aromatic rings. The van der Waals surface area contributed by atoms with E-state index in [0.717, 1.165) is 30.7 Å². The van der Waals surface area contributed by atoms with E-state index in [2.05, 4.69) is 43.2 Å². The lowest BCUT2D eigenvalue weighted by Crippen LogP contribution is -2.34. The highest BCUT2D eigenvalue weighted by atomic mass is 15.1. The Kier molecular flexibility index (Phi) is 4.69. The van der Waals surface area contributed by atoms with Crippen LogP contribution in [0.3, 0.4) is 0 Å². The number of hydrogen-bond acceptors (Lipinski definition) is 2. The predicted molar refractivity (Wildman–Crippen MR) is 90.8 cm³/mol. The number of hydrogen-bond donors (Lipinski definition) is 1. The van der Waals surface area contributed by atoms with Gasteiger partial charge in [0.05, 0.1) is 0 Å². The van der Waals surface area contributed by atoms with Crippen molar-refractivity contribution in [2.24, 2.45) is 5.73 Å². The van der Waals surface area contributed by atoms with Gasteiger partial charge in [0.15, 0.2) is 0 Å². The van der Waals surface area contributed by atoms with Gasteiger partial charge in [-0.1, -0.05) is 45.2 Å². The Morgan fingerprint density at radius 2 is 1.86 bits per heavy atom. The maximum atomic E-state index is 5.73. The second kappa shape index (κ2) is 6.31. The van der Waals surface area contributed by atoms with Gasteiger partial charge in [0.2, 0.25) is 0 Å². The summed E-state index contributed by atoms with van der Waals surface area (Å²) in [6.45, 7) is 16.9. The summed E-state index contributed by atoms with van der Waals surface area (Å²) in [5.41, 5.74) is 14.6. The van der Waals surface area contributed by atoms with Gasteiger partial charge in [-0.2, -0.15) is 0 Å². The quantitative estimate of drug-likeness (QED) is 0.890. The van der Waals surface area contributed by atoms with Gasteiger partial charge >= 0.3 is 0 Å². The lowest BCUT2D eigenvalue weighted by Gasteiger charge is -2.40. The molecule has 2 N–H and O–H groups in total. The Balaban J connectivity index is 0.000000774. The number of nitrogens with zero attached hydrogens (tertiary/aromatic N) is 1. The van der Waals surface area contributed by atoms with Crippen LogP contribution in [0.2, 0.25) is 0 Å². The smallest absolute Gasteiger partial charge is 0.0478 e. The molecule has 0 spiro atoms. The van der Waals surface area contributed by atoms with Crippen molar-refractivity contribution in [2.75, 3.05) is 6.54 Å². The maximum Gasteiger partial charge on any atom is 0.0478 e. The minimum absolute atomic E-state index is 0.610. The van der Waals surface area contributed by atoms with Crippen LogP contribution < -0.4 is 5.73 Å². The second-order valence-electron chi connectivity index (χ2n) is 5.41. The maximum absolute atomic E-state index is 5.73. The molecular weight excluding hydrogens is 256 g/mol. The van der Waals surface area contributed by atoms with E-state index in [4.69, 9.17) is 5.73 Å². The lowest BCUT2D eigenvalue weighted by molar-refractivity contribution is 0.321. The molecule has 112 valence electrons. The summed E-state index contributed by atoms with van der Waals surface area (Å²) >= 11 is 0. The van der Waals surface area contributed by atoms with Gasteiger partial charge in [-0.25, -0.2) is 0 Å². The van der Waals surface area contributed by atoms with Gasteiger partial charge in [-0.05, 0) is 46.8 Å². The van der Waals surface area contributed by atoms with Crippen LogP contribution in [0.1, 0.15) is 37.5 Å². The minimum Gasteiger partial charge on any atom is -0.366 e. The average Bonchev–Trinajstić information content (AvgIpc) is 2.55. The molecule has 0 aromatic heterocycles. The van der Waals surface area contributed by atoms with Gasteiger partial charge in [0, 0.05) is 25.3 Å². The van der Waals surface area contributed by atoms with Crippen LogP contribution >= 0.6 is 0 Å². The van der Waals surface area contributed by atoms with Crippen molar-refractivity contribution in [1.29, 1.82) is 0 Å². The molecule has 2 aliphatic rings. The van der Waals surface area contributed by atoms with Crippen LogP contribution in [-0.2, 0) is 19.5 Å². The first kappa shape index (κ1) is 15.6. The van der Waals surface area contributed by atoms with Crippen molar-refractivity contribution in [3.63, 3.8) is 0 Å². The van der Waals surface area contributed by atoms with E-state index in [1.54, 1.807) is 0 Å². The molecule has 2 heteroatoms. The Labute approximate surface area is 128 Å². The molecule has 0 radical (unpaired) electrons. The van der Waals surface area contributed by atoms with Gasteiger partial charge in [-0.3, -0.25) is 0 Å². The molecule has 0 fully saturated rings. The molecule has 1 aromatic carbocycles. The Morgan fingerprint density at radius 1 is 1.14 bits per heavy atom. The zero-order chi connectivity index (χ0) is 15.6. The first-order chi connectivity index (χ1) is 10.1. The molecule has 0 bridgehead atoms. The van der Waals surface area contributed by atoms with Crippen molar-refractivity contribution >= 4 is 0 Å². The first-order valence-corrected chi connectivity index (χ1v) is 7.77. The molecule has 1 heterocycles. The zero-order valence-electron chi connectivity index (χ0n) is 13.5. The molecule has 0 saturated heterocycles. The Hall–Kier alpha value is -1.80.